The number of benzene rings is 3. The summed E-state index contributed by atoms with van der Waals surface area (Å²) in [6.45, 7) is 5.86. The number of aryl methyl sites for hydroxylation is 1. The van der Waals surface area contributed by atoms with Gasteiger partial charge in [-0.2, -0.15) is 5.26 Å². The summed E-state index contributed by atoms with van der Waals surface area (Å²) < 4.78 is 34.4. The number of imidazole rings is 1. The Morgan fingerprint density at radius 1 is 1.13 bits per heavy atom. The second-order valence-electron chi connectivity index (χ2n) is 11.9. The zero-order chi connectivity index (χ0) is 31.3. The van der Waals surface area contributed by atoms with Crippen molar-refractivity contribution in [2.24, 2.45) is 0 Å². The minimum atomic E-state index is -0.941. The zero-order valence-electron chi connectivity index (χ0n) is 25.4. The molecule has 0 saturated carbocycles. The van der Waals surface area contributed by atoms with Gasteiger partial charge >= 0.3 is 5.97 Å². The van der Waals surface area contributed by atoms with E-state index in [4.69, 9.17) is 24.5 Å². The number of aromatic carboxylic acids is 1. The maximum absolute atomic E-state index is 14.2. The average molecular weight is 613 g/mol. The lowest BCUT2D eigenvalue weighted by atomic mass is 10.1. The number of nitriles is 1. The molecule has 234 valence electrons. The molecule has 2 aliphatic rings. The van der Waals surface area contributed by atoms with E-state index >= 15 is 0 Å². The standard InChI is InChI=1S/C35H37FN4O5/c1-23-15-26(35(41)42)18-31-34(23)38-33(40(31)20-29-6-2-3-14-43-29)21-39-12-10-27(11-13-39)45-28-7-4-5-25(16-28)22-44-32-9-8-24(19-37)17-30(32)36/h4-5,7-9,15-18,27,29H,2-3,6,10-14,20-22H2,1H3,(H,41,42)/t29-/m0/s1. The Bertz CT molecular complexity index is 1720. The summed E-state index contributed by atoms with van der Waals surface area (Å²) >= 11 is 0. The van der Waals surface area contributed by atoms with Gasteiger partial charge in [0, 0.05) is 19.7 Å². The highest BCUT2D eigenvalue weighted by atomic mass is 19.1. The number of hydrogen-bond donors (Lipinski definition) is 1. The Hall–Kier alpha value is -4.46. The van der Waals surface area contributed by atoms with Crippen molar-refractivity contribution in [1.82, 2.24) is 14.5 Å². The van der Waals surface area contributed by atoms with E-state index in [1.807, 2.05) is 37.3 Å². The predicted octanol–water partition coefficient (Wildman–Crippen LogP) is 6.25. The molecule has 0 spiro atoms. The van der Waals surface area contributed by atoms with E-state index in [2.05, 4.69) is 9.47 Å². The monoisotopic (exact) mass is 612 g/mol. The van der Waals surface area contributed by atoms with E-state index in [0.717, 1.165) is 85.5 Å². The van der Waals surface area contributed by atoms with Crippen LogP contribution in [0.2, 0.25) is 0 Å². The first kappa shape index (κ1) is 30.6. The molecule has 0 unspecified atom stereocenters. The van der Waals surface area contributed by atoms with Gasteiger partial charge < -0.3 is 23.9 Å². The fourth-order valence-corrected chi connectivity index (χ4v) is 6.18. The number of nitrogens with zero attached hydrogens (tertiary/aromatic N) is 4. The minimum absolute atomic E-state index is 0.0585. The van der Waals surface area contributed by atoms with Crippen molar-refractivity contribution in [3.05, 3.63) is 88.5 Å². The third-order valence-corrected chi connectivity index (χ3v) is 8.59. The van der Waals surface area contributed by atoms with E-state index in [-0.39, 0.29) is 35.7 Å². The number of ether oxygens (including phenoxy) is 3. The van der Waals surface area contributed by atoms with Crippen molar-refractivity contribution >= 4 is 17.0 Å². The molecule has 2 saturated heterocycles. The van der Waals surface area contributed by atoms with Crippen LogP contribution in [0.5, 0.6) is 11.5 Å². The first-order valence-corrected chi connectivity index (χ1v) is 15.5. The molecule has 0 radical (unpaired) electrons. The predicted molar refractivity (Wildman–Crippen MR) is 166 cm³/mol. The SMILES string of the molecule is Cc1cc(C(=O)O)cc2c1nc(CN1CCC(Oc3cccc(COc4ccc(C#N)cc4F)c3)CC1)n2C[C@@H]1CCCCO1. The highest BCUT2D eigenvalue weighted by molar-refractivity contribution is 5.94. The number of carbonyl (C=O) groups is 1. The Morgan fingerprint density at radius 3 is 2.71 bits per heavy atom. The van der Waals surface area contributed by atoms with Gasteiger partial charge in [0.25, 0.3) is 0 Å². The van der Waals surface area contributed by atoms with Crippen LogP contribution in [0.15, 0.2) is 54.6 Å². The van der Waals surface area contributed by atoms with Gasteiger partial charge in [-0.1, -0.05) is 12.1 Å². The number of hydrogen-bond acceptors (Lipinski definition) is 7. The minimum Gasteiger partial charge on any atom is -0.490 e. The van der Waals surface area contributed by atoms with Gasteiger partial charge in [0.2, 0.25) is 0 Å². The Balaban J connectivity index is 1.09. The number of piperidine rings is 1. The summed E-state index contributed by atoms with van der Waals surface area (Å²) in [6, 6.07) is 17.1. The molecule has 0 amide bonds. The molecular formula is C35H37FN4O5. The van der Waals surface area contributed by atoms with Crippen LogP contribution < -0.4 is 9.47 Å². The maximum atomic E-state index is 14.2. The molecule has 9 nitrogen and oxygen atoms in total. The molecule has 2 aliphatic heterocycles. The van der Waals surface area contributed by atoms with Crippen LogP contribution in [-0.2, 0) is 24.4 Å². The zero-order valence-corrected chi connectivity index (χ0v) is 25.4. The summed E-state index contributed by atoms with van der Waals surface area (Å²) in [5, 5.41) is 18.6. The van der Waals surface area contributed by atoms with Gasteiger partial charge in [0.05, 0.1) is 47.4 Å². The number of carboxylic acid groups (broad SMARTS) is 1. The van der Waals surface area contributed by atoms with Crippen molar-refractivity contribution in [1.29, 1.82) is 5.26 Å². The van der Waals surface area contributed by atoms with E-state index in [0.29, 0.717) is 13.1 Å². The van der Waals surface area contributed by atoms with Crippen molar-refractivity contribution in [3.63, 3.8) is 0 Å². The van der Waals surface area contributed by atoms with Crippen LogP contribution >= 0.6 is 0 Å². The molecule has 3 aromatic carbocycles. The molecule has 1 aromatic heterocycles. The second-order valence-corrected chi connectivity index (χ2v) is 11.9. The van der Waals surface area contributed by atoms with E-state index in [1.54, 1.807) is 12.1 Å². The largest absolute Gasteiger partial charge is 0.490 e. The van der Waals surface area contributed by atoms with Crippen LogP contribution in [0.1, 0.15) is 65.0 Å². The number of carboxylic acids is 1. The normalized spacial score (nSPS) is 17.7. The molecule has 4 aromatic rings. The van der Waals surface area contributed by atoms with E-state index in [1.165, 1.54) is 18.2 Å². The number of rotatable bonds is 10. The molecule has 6 rings (SSSR count). The summed E-state index contributed by atoms with van der Waals surface area (Å²) in [4.78, 5) is 19.2. The van der Waals surface area contributed by atoms with E-state index < -0.39 is 11.8 Å². The molecule has 0 aliphatic carbocycles. The fourth-order valence-electron chi connectivity index (χ4n) is 6.18. The van der Waals surface area contributed by atoms with Crippen molar-refractivity contribution in [2.45, 2.75) is 70.9 Å². The summed E-state index contributed by atoms with van der Waals surface area (Å²) in [6.07, 6.45) is 5.04. The van der Waals surface area contributed by atoms with Crippen molar-refractivity contribution < 1.29 is 28.5 Å². The van der Waals surface area contributed by atoms with Gasteiger partial charge in [0.15, 0.2) is 11.6 Å². The number of aromatic nitrogens is 2. The first-order chi connectivity index (χ1) is 21.9. The molecule has 0 bridgehead atoms. The molecule has 1 N–H and O–H groups in total. The maximum Gasteiger partial charge on any atom is 0.335 e. The number of likely N-dealkylation sites (tertiary alicyclic amines) is 1. The van der Waals surface area contributed by atoms with Crippen LogP contribution in [0.3, 0.4) is 0 Å². The first-order valence-electron chi connectivity index (χ1n) is 15.5. The number of fused-ring (bicyclic) bond motifs is 1. The molecular weight excluding hydrogens is 575 g/mol. The summed E-state index contributed by atoms with van der Waals surface area (Å²) in [5.41, 5.74) is 3.92. The Labute approximate surface area is 261 Å². The molecule has 10 heteroatoms. The summed E-state index contributed by atoms with van der Waals surface area (Å²) in [7, 11) is 0. The molecule has 1 atom stereocenters. The van der Waals surface area contributed by atoms with Gasteiger partial charge in [-0.15, -0.1) is 0 Å². The van der Waals surface area contributed by atoms with Gasteiger partial charge in [-0.05, 0) is 92.6 Å². The van der Waals surface area contributed by atoms with Crippen LogP contribution in [0, 0.1) is 24.1 Å². The Kier molecular flexibility index (Phi) is 9.29. The number of halogens is 1. The highest BCUT2D eigenvalue weighted by Crippen LogP contribution is 2.28. The third kappa shape index (κ3) is 7.27. The lowest BCUT2D eigenvalue weighted by Crippen LogP contribution is -2.38. The molecule has 3 heterocycles. The molecule has 2 fully saturated rings. The third-order valence-electron chi connectivity index (χ3n) is 8.59. The van der Waals surface area contributed by atoms with Gasteiger partial charge in [-0.25, -0.2) is 14.2 Å². The van der Waals surface area contributed by atoms with Crippen LogP contribution in [0.4, 0.5) is 4.39 Å². The van der Waals surface area contributed by atoms with Crippen molar-refractivity contribution in [3.8, 4) is 17.6 Å². The Morgan fingerprint density at radius 2 is 1.98 bits per heavy atom. The second kappa shape index (κ2) is 13.7. The highest BCUT2D eigenvalue weighted by Gasteiger charge is 2.25. The van der Waals surface area contributed by atoms with Crippen LogP contribution in [-0.4, -0.2) is 57.4 Å². The summed E-state index contributed by atoms with van der Waals surface area (Å²) in [5.74, 6) is 0.268. The lowest BCUT2D eigenvalue weighted by Gasteiger charge is -2.32. The lowest BCUT2D eigenvalue weighted by molar-refractivity contribution is 0.00569. The fraction of sp³-hybridized carbons (Fsp3) is 0.400. The topological polar surface area (TPSA) is 110 Å². The quantitative estimate of drug-likeness (QED) is 0.224. The van der Waals surface area contributed by atoms with Gasteiger partial charge in [-0.3, -0.25) is 4.90 Å². The molecule has 45 heavy (non-hydrogen) atoms. The average Bonchev–Trinajstić information content (AvgIpc) is 3.39. The van der Waals surface area contributed by atoms with Crippen LogP contribution in [0.25, 0.3) is 11.0 Å². The van der Waals surface area contributed by atoms with Gasteiger partial charge in [0.1, 0.15) is 24.3 Å². The smallest absolute Gasteiger partial charge is 0.335 e. The van der Waals surface area contributed by atoms with E-state index in [9.17, 15) is 14.3 Å². The van der Waals surface area contributed by atoms with Crippen molar-refractivity contribution in [2.75, 3.05) is 19.7 Å².